The number of allylic oxidation sites excluding steroid dienone is 25. The number of nitrogens with one attached hydrogen (secondary N) is 1. The quantitative estimate of drug-likeness (QED) is 0.0199. The maximum absolute atomic E-state index is 13.5. The van der Waals surface area contributed by atoms with E-state index >= 15 is 0 Å². The van der Waals surface area contributed by atoms with Gasteiger partial charge in [-0.15, -0.1) is 0 Å². The van der Waals surface area contributed by atoms with Crippen molar-refractivity contribution in [1.29, 1.82) is 0 Å². The number of rotatable bonds is 65. The largest absolute Gasteiger partial charge is 0.394 e. The zero-order chi connectivity index (χ0) is 78.8. The summed E-state index contributed by atoms with van der Waals surface area (Å²) in [5.74, 6) is -0.303. The first kappa shape index (κ1) is 98.6. The van der Waals surface area contributed by atoms with Crippen molar-refractivity contribution in [2.45, 2.75) is 375 Å². The SMILES string of the molecule is CC/C=C\C/C=C\C/C=C\C/C=C\C/C=C\C/C=C\C/C=C\C/C=C\C/C=C\C/C=C\CCCCCCCCCCC(=O)NC(COC1OC(CO)C(OC2OC(CO)C(OC3OC(CO)C(O)C(O)C3O)C(O)C2O)C(O)C1O)C(O)/C=C/CC/C=C/CC/C=C/CCCCCCCCCCCCCCCCC. The average Bonchev–Trinajstić information content (AvgIpc) is 0.759. The van der Waals surface area contributed by atoms with Gasteiger partial charge in [-0.25, -0.2) is 0 Å². The van der Waals surface area contributed by atoms with E-state index in [2.05, 4.69) is 165 Å². The summed E-state index contributed by atoms with van der Waals surface area (Å²) in [6.07, 6.45) is 73.7. The average molecular weight is 1530 g/mol. The minimum Gasteiger partial charge on any atom is -0.394 e. The fourth-order valence-corrected chi connectivity index (χ4v) is 13.1. The van der Waals surface area contributed by atoms with Crippen molar-refractivity contribution in [3.05, 3.63) is 158 Å². The third kappa shape index (κ3) is 47.0. The predicted molar refractivity (Wildman–Crippen MR) is 438 cm³/mol. The molecule has 0 aromatic heterocycles. The molecule has 3 saturated heterocycles. The van der Waals surface area contributed by atoms with Crippen LogP contribution < -0.4 is 5.32 Å². The highest BCUT2D eigenvalue weighted by molar-refractivity contribution is 5.76. The number of amides is 1. The number of hydrogen-bond acceptors (Lipinski definition) is 18. The topological polar surface area (TPSA) is 307 Å². The lowest BCUT2D eigenvalue weighted by molar-refractivity contribution is -0.379. The van der Waals surface area contributed by atoms with E-state index in [0.717, 1.165) is 135 Å². The highest BCUT2D eigenvalue weighted by atomic mass is 16.8. The zero-order valence-electron chi connectivity index (χ0n) is 66.7. The lowest BCUT2D eigenvalue weighted by Crippen LogP contribution is -2.66. The Morgan fingerprint density at radius 3 is 1.03 bits per heavy atom. The smallest absolute Gasteiger partial charge is 0.220 e. The highest BCUT2D eigenvalue weighted by Crippen LogP contribution is 2.33. The molecule has 0 radical (unpaired) electrons. The molecular weight excluding hydrogens is 1380 g/mol. The van der Waals surface area contributed by atoms with Crippen LogP contribution in [-0.2, 0) is 33.2 Å². The molecule has 0 saturated carbocycles. The van der Waals surface area contributed by atoms with E-state index in [1.165, 1.54) is 103 Å². The Bertz CT molecular complexity index is 2590. The second-order valence-electron chi connectivity index (χ2n) is 29.2. The molecule has 0 aromatic rings. The van der Waals surface area contributed by atoms with Crippen molar-refractivity contribution in [3.63, 3.8) is 0 Å². The first-order valence-corrected chi connectivity index (χ1v) is 42.2. The van der Waals surface area contributed by atoms with Crippen molar-refractivity contribution >= 4 is 5.91 Å². The van der Waals surface area contributed by atoms with Gasteiger partial charge in [0.15, 0.2) is 18.9 Å². The van der Waals surface area contributed by atoms with Gasteiger partial charge >= 0.3 is 0 Å². The molecule has 19 heteroatoms. The lowest BCUT2D eigenvalue weighted by atomic mass is 9.96. The van der Waals surface area contributed by atoms with Gasteiger partial charge in [0.1, 0.15) is 73.2 Å². The molecule has 3 aliphatic rings. The molecular formula is C90H149NO18. The van der Waals surface area contributed by atoms with Gasteiger partial charge in [-0.2, -0.15) is 0 Å². The third-order valence-corrected chi connectivity index (χ3v) is 19.8. The maximum atomic E-state index is 13.5. The Morgan fingerprint density at radius 2 is 0.642 bits per heavy atom. The molecule has 17 atom stereocenters. The Hall–Kier alpha value is -4.59. The summed E-state index contributed by atoms with van der Waals surface area (Å²) < 4.78 is 34.4. The van der Waals surface area contributed by atoms with Gasteiger partial charge in [0.25, 0.3) is 0 Å². The van der Waals surface area contributed by atoms with Crippen LogP contribution in [0.15, 0.2) is 158 Å². The van der Waals surface area contributed by atoms with E-state index in [1.54, 1.807) is 6.08 Å². The van der Waals surface area contributed by atoms with Gasteiger partial charge in [0.05, 0.1) is 38.6 Å². The van der Waals surface area contributed by atoms with Gasteiger partial charge in [-0.1, -0.05) is 300 Å². The Kier molecular flexibility index (Phi) is 61.4. The molecule has 3 heterocycles. The monoisotopic (exact) mass is 1530 g/mol. The van der Waals surface area contributed by atoms with Gasteiger partial charge in [0, 0.05) is 6.42 Å². The van der Waals surface area contributed by atoms with Crippen molar-refractivity contribution in [1.82, 2.24) is 5.32 Å². The molecule has 0 aliphatic carbocycles. The van der Waals surface area contributed by atoms with Crippen LogP contribution in [0.5, 0.6) is 0 Å². The van der Waals surface area contributed by atoms with Crippen LogP contribution in [0.25, 0.3) is 0 Å². The highest BCUT2D eigenvalue weighted by Gasteiger charge is 2.54. The summed E-state index contributed by atoms with van der Waals surface area (Å²) in [5, 5.41) is 121. The van der Waals surface area contributed by atoms with E-state index in [1.807, 2.05) is 6.08 Å². The van der Waals surface area contributed by atoms with Gasteiger partial charge in [-0.3, -0.25) is 4.79 Å². The summed E-state index contributed by atoms with van der Waals surface area (Å²) in [6, 6.07) is -1.01. The van der Waals surface area contributed by atoms with Crippen molar-refractivity contribution < 1.29 is 89.4 Å². The van der Waals surface area contributed by atoms with E-state index in [4.69, 9.17) is 28.4 Å². The molecule has 3 fully saturated rings. The molecule has 12 N–H and O–H groups in total. The first-order valence-electron chi connectivity index (χ1n) is 42.2. The summed E-state index contributed by atoms with van der Waals surface area (Å²) in [6.45, 7) is 1.59. The van der Waals surface area contributed by atoms with Crippen LogP contribution in [0.4, 0.5) is 0 Å². The van der Waals surface area contributed by atoms with Crippen LogP contribution >= 0.6 is 0 Å². The number of unbranched alkanes of at least 4 members (excludes halogenated alkanes) is 25. The van der Waals surface area contributed by atoms with Gasteiger partial charge in [0.2, 0.25) is 5.91 Å². The Morgan fingerprint density at radius 1 is 0.339 bits per heavy atom. The van der Waals surface area contributed by atoms with E-state index < -0.39 is 124 Å². The molecule has 0 bridgehead atoms. The molecule has 19 nitrogen and oxygen atoms in total. The minimum atomic E-state index is -1.99. The van der Waals surface area contributed by atoms with Gasteiger partial charge in [-0.05, 0) is 122 Å². The molecule has 3 rings (SSSR count). The number of hydrogen-bond donors (Lipinski definition) is 12. The molecule has 109 heavy (non-hydrogen) atoms. The van der Waals surface area contributed by atoms with E-state index in [9.17, 15) is 61.0 Å². The van der Waals surface area contributed by atoms with Crippen molar-refractivity contribution in [3.8, 4) is 0 Å². The van der Waals surface area contributed by atoms with Crippen LogP contribution in [0.2, 0.25) is 0 Å². The van der Waals surface area contributed by atoms with Crippen LogP contribution in [0.1, 0.15) is 271 Å². The molecule has 3 aliphatic heterocycles. The Balaban J connectivity index is 1.37. The lowest BCUT2D eigenvalue weighted by Gasteiger charge is -2.48. The molecule has 622 valence electrons. The summed E-state index contributed by atoms with van der Waals surface area (Å²) >= 11 is 0. The molecule has 0 spiro atoms. The fourth-order valence-electron chi connectivity index (χ4n) is 13.1. The maximum Gasteiger partial charge on any atom is 0.220 e. The summed E-state index contributed by atoms with van der Waals surface area (Å²) in [7, 11) is 0. The summed E-state index contributed by atoms with van der Waals surface area (Å²) in [4.78, 5) is 13.5. The first-order chi connectivity index (χ1) is 53.3. The third-order valence-electron chi connectivity index (χ3n) is 19.8. The number of aliphatic hydroxyl groups excluding tert-OH is 11. The predicted octanol–water partition coefficient (Wildman–Crippen LogP) is 15.2. The number of carbonyl (C=O) groups is 1. The standard InChI is InChI=1S/C90H149NO18/c1-3-5-7-9-11-13-15-17-19-21-23-25-27-29-30-31-32-33-34-35-36-37-38-39-40-41-42-44-46-48-50-52-54-56-58-60-62-64-66-68-78(96)91-73(74(95)67-65-63-61-59-57-55-53-51-49-47-45-43-28-26-24-22-20-18-16-14-12-10-8-6-4-2)72-104-88-84(102)81(99)86(76(70-93)106-88)109-90-85(103)82(100)87(77(71-94)107-90)108-89-83(101)80(98)79(97)75(69-92)105-89/h5,7,11,13,17,19,23,25,29-30,32-33,35-36,38-39,41-42,46,48-49,51,57,59,65,67,73-77,79-90,92-95,97-103H,3-4,6,8-10,12,14-16,18,20-22,24,26-28,31,34,37,40,43-45,47,50,52-56,58,60-64,66,68-72H2,1-2H3,(H,91,96)/b7-5-,13-11-,19-17-,25-23-,30-29-,33-32-,36-35-,39-38-,42-41-,48-46-,51-49+,59-57+,67-65+. The number of carbonyl (C=O) groups excluding carboxylic acids is 1. The minimum absolute atomic E-state index is 0.212. The number of aliphatic hydroxyl groups is 11. The fraction of sp³-hybridized carbons (Fsp3) is 0.700. The second-order valence-corrected chi connectivity index (χ2v) is 29.2. The normalized spacial score (nSPS) is 26.1. The number of ether oxygens (including phenoxy) is 6. The van der Waals surface area contributed by atoms with Crippen molar-refractivity contribution in [2.24, 2.45) is 0 Å². The Labute approximate surface area is 656 Å². The second kappa shape index (κ2) is 67.9. The molecule has 17 unspecified atom stereocenters. The molecule has 1 amide bonds. The van der Waals surface area contributed by atoms with E-state index in [-0.39, 0.29) is 18.9 Å². The van der Waals surface area contributed by atoms with Crippen LogP contribution in [0, 0.1) is 0 Å². The van der Waals surface area contributed by atoms with Crippen LogP contribution in [0.3, 0.4) is 0 Å². The van der Waals surface area contributed by atoms with Gasteiger partial charge < -0.3 is 89.9 Å². The zero-order valence-corrected chi connectivity index (χ0v) is 66.7. The molecule has 0 aromatic carbocycles. The van der Waals surface area contributed by atoms with Crippen molar-refractivity contribution in [2.75, 3.05) is 26.4 Å². The van der Waals surface area contributed by atoms with E-state index in [0.29, 0.717) is 12.8 Å². The van der Waals surface area contributed by atoms with Crippen LogP contribution in [-0.4, -0.2) is 193 Å². The summed E-state index contributed by atoms with van der Waals surface area (Å²) in [5.41, 5.74) is 0.